The van der Waals surface area contributed by atoms with Gasteiger partial charge in [0.25, 0.3) is 0 Å². The van der Waals surface area contributed by atoms with E-state index in [9.17, 15) is 4.79 Å². The number of carbonyl (C=O) groups excluding carboxylic acids is 1. The van der Waals surface area contributed by atoms with E-state index in [1.807, 2.05) is 0 Å². The second-order valence-electron chi connectivity index (χ2n) is 3.93. The van der Waals surface area contributed by atoms with E-state index in [4.69, 9.17) is 5.11 Å². The summed E-state index contributed by atoms with van der Waals surface area (Å²) in [4.78, 5) is 11.9. The standard InChI is InChI=1S/C12H16N2O2S/c15-7-9-1-3-10(4-2-9)14-12(16)11-8-17-6-5-13-11/h1-4,11,13,15H,5-8H2,(H,14,16). The first kappa shape index (κ1) is 12.4. The number of benzene rings is 1. The van der Waals surface area contributed by atoms with Crippen LogP contribution in [0, 0.1) is 0 Å². The van der Waals surface area contributed by atoms with Gasteiger partial charge < -0.3 is 15.7 Å². The lowest BCUT2D eigenvalue weighted by Gasteiger charge is -2.22. The van der Waals surface area contributed by atoms with Crippen molar-refractivity contribution in [2.75, 3.05) is 23.4 Å². The van der Waals surface area contributed by atoms with E-state index >= 15 is 0 Å². The molecule has 0 bridgehead atoms. The molecule has 1 aromatic rings. The normalized spacial score (nSPS) is 19.9. The molecule has 1 heterocycles. The molecule has 0 spiro atoms. The third-order valence-corrected chi connectivity index (χ3v) is 3.70. The molecule has 1 amide bonds. The minimum Gasteiger partial charge on any atom is -0.392 e. The maximum Gasteiger partial charge on any atom is 0.242 e. The van der Waals surface area contributed by atoms with Gasteiger partial charge in [0.05, 0.1) is 12.6 Å². The second-order valence-corrected chi connectivity index (χ2v) is 5.08. The predicted molar refractivity (Wildman–Crippen MR) is 70.1 cm³/mol. The Hall–Kier alpha value is -1.04. The molecule has 5 heteroatoms. The molecule has 1 aromatic carbocycles. The summed E-state index contributed by atoms with van der Waals surface area (Å²) in [6.45, 7) is 0.904. The molecular formula is C12H16N2O2S. The zero-order valence-corrected chi connectivity index (χ0v) is 10.3. The van der Waals surface area contributed by atoms with Gasteiger partial charge in [0.1, 0.15) is 0 Å². The van der Waals surface area contributed by atoms with Crippen LogP contribution in [-0.4, -0.2) is 35.1 Å². The van der Waals surface area contributed by atoms with Crippen LogP contribution in [0.25, 0.3) is 0 Å². The van der Waals surface area contributed by atoms with Gasteiger partial charge in [-0.3, -0.25) is 4.79 Å². The van der Waals surface area contributed by atoms with Crippen molar-refractivity contribution in [1.29, 1.82) is 0 Å². The highest BCUT2D eigenvalue weighted by molar-refractivity contribution is 7.99. The van der Waals surface area contributed by atoms with Crippen molar-refractivity contribution in [2.24, 2.45) is 0 Å². The number of thioether (sulfide) groups is 1. The number of rotatable bonds is 3. The Labute approximate surface area is 105 Å². The molecule has 17 heavy (non-hydrogen) atoms. The molecule has 1 unspecified atom stereocenters. The summed E-state index contributed by atoms with van der Waals surface area (Å²) in [7, 11) is 0. The molecule has 0 saturated carbocycles. The van der Waals surface area contributed by atoms with Gasteiger partial charge in [-0.1, -0.05) is 12.1 Å². The van der Waals surface area contributed by atoms with Crippen molar-refractivity contribution in [2.45, 2.75) is 12.6 Å². The van der Waals surface area contributed by atoms with Gasteiger partial charge in [0.15, 0.2) is 0 Å². The van der Waals surface area contributed by atoms with Crippen LogP contribution < -0.4 is 10.6 Å². The van der Waals surface area contributed by atoms with E-state index in [0.29, 0.717) is 0 Å². The first-order chi connectivity index (χ1) is 8.29. The maximum atomic E-state index is 11.9. The van der Waals surface area contributed by atoms with Gasteiger partial charge in [-0.2, -0.15) is 11.8 Å². The fourth-order valence-corrected chi connectivity index (χ4v) is 2.59. The van der Waals surface area contributed by atoms with Crippen LogP contribution in [0.3, 0.4) is 0 Å². The Morgan fingerprint density at radius 2 is 2.24 bits per heavy atom. The lowest BCUT2D eigenvalue weighted by atomic mass is 10.2. The smallest absolute Gasteiger partial charge is 0.242 e. The van der Waals surface area contributed by atoms with Crippen LogP contribution in [0.15, 0.2) is 24.3 Å². The largest absolute Gasteiger partial charge is 0.392 e. The molecule has 3 N–H and O–H groups in total. The Kier molecular flexibility index (Phi) is 4.42. The molecule has 4 nitrogen and oxygen atoms in total. The van der Waals surface area contributed by atoms with E-state index in [-0.39, 0.29) is 18.6 Å². The van der Waals surface area contributed by atoms with Gasteiger partial charge in [-0.25, -0.2) is 0 Å². The summed E-state index contributed by atoms with van der Waals surface area (Å²) in [6, 6.07) is 7.11. The highest BCUT2D eigenvalue weighted by atomic mass is 32.2. The summed E-state index contributed by atoms with van der Waals surface area (Å²) in [5.41, 5.74) is 1.61. The van der Waals surface area contributed by atoms with Gasteiger partial charge in [-0.05, 0) is 17.7 Å². The Morgan fingerprint density at radius 3 is 2.82 bits per heavy atom. The van der Waals surface area contributed by atoms with E-state index in [1.165, 1.54) is 0 Å². The van der Waals surface area contributed by atoms with Gasteiger partial charge in [0.2, 0.25) is 5.91 Å². The average Bonchev–Trinajstić information content (AvgIpc) is 2.40. The fraction of sp³-hybridized carbons (Fsp3) is 0.417. The summed E-state index contributed by atoms with van der Waals surface area (Å²) in [6.07, 6.45) is 0. The highest BCUT2D eigenvalue weighted by Crippen LogP contribution is 2.12. The zero-order valence-electron chi connectivity index (χ0n) is 9.48. The van der Waals surface area contributed by atoms with E-state index in [0.717, 1.165) is 29.3 Å². The van der Waals surface area contributed by atoms with Crippen molar-refractivity contribution >= 4 is 23.4 Å². The van der Waals surface area contributed by atoms with Crippen molar-refractivity contribution in [3.8, 4) is 0 Å². The molecule has 2 rings (SSSR count). The molecule has 0 radical (unpaired) electrons. The molecule has 1 saturated heterocycles. The van der Waals surface area contributed by atoms with E-state index < -0.39 is 0 Å². The third-order valence-electron chi connectivity index (χ3n) is 2.64. The maximum absolute atomic E-state index is 11.9. The molecular weight excluding hydrogens is 236 g/mol. The Balaban J connectivity index is 1.92. The molecule has 1 fully saturated rings. The number of anilines is 1. The SMILES string of the molecule is O=C(Nc1ccc(CO)cc1)C1CSCCN1. The Morgan fingerprint density at radius 1 is 1.47 bits per heavy atom. The molecule has 0 aliphatic carbocycles. The first-order valence-electron chi connectivity index (χ1n) is 5.61. The number of aliphatic hydroxyl groups excluding tert-OH is 1. The Bertz CT molecular complexity index is 375. The summed E-state index contributed by atoms with van der Waals surface area (Å²) < 4.78 is 0. The van der Waals surface area contributed by atoms with Crippen molar-refractivity contribution in [3.05, 3.63) is 29.8 Å². The predicted octanol–water partition coefficient (Wildman–Crippen LogP) is 0.822. The van der Waals surface area contributed by atoms with Crippen molar-refractivity contribution < 1.29 is 9.90 Å². The summed E-state index contributed by atoms with van der Waals surface area (Å²) in [5.74, 6) is 1.89. The van der Waals surface area contributed by atoms with Gasteiger partial charge in [0, 0.05) is 23.7 Å². The summed E-state index contributed by atoms with van der Waals surface area (Å²) in [5, 5.41) is 15.0. The van der Waals surface area contributed by atoms with Gasteiger partial charge in [-0.15, -0.1) is 0 Å². The van der Waals surface area contributed by atoms with Crippen LogP contribution >= 0.6 is 11.8 Å². The molecule has 1 atom stereocenters. The minimum absolute atomic E-state index is 0.00829. The van der Waals surface area contributed by atoms with Crippen LogP contribution in [-0.2, 0) is 11.4 Å². The number of carbonyl (C=O) groups is 1. The monoisotopic (exact) mass is 252 g/mol. The van der Waals surface area contributed by atoms with Crippen LogP contribution in [0.4, 0.5) is 5.69 Å². The lowest BCUT2D eigenvalue weighted by Crippen LogP contribution is -2.46. The van der Waals surface area contributed by atoms with Crippen molar-refractivity contribution in [1.82, 2.24) is 5.32 Å². The molecule has 92 valence electrons. The molecule has 0 aromatic heterocycles. The van der Waals surface area contributed by atoms with Crippen molar-refractivity contribution in [3.63, 3.8) is 0 Å². The quantitative estimate of drug-likeness (QED) is 0.745. The number of hydrogen-bond donors (Lipinski definition) is 3. The van der Waals surface area contributed by atoms with Crippen LogP contribution in [0.1, 0.15) is 5.56 Å². The zero-order chi connectivity index (χ0) is 12.1. The topological polar surface area (TPSA) is 61.4 Å². The molecule has 1 aliphatic rings. The van der Waals surface area contributed by atoms with Crippen LogP contribution in [0.5, 0.6) is 0 Å². The van der Waals surface area contributed by atoms with E-state index in [1.54, 1.807) is 36.0 Å². The average molecular weight is 252 g/mol. The minimum atomic E-state index is -0.105. The van der Waals surface area contributed by atoms with Gasteiger partial charge >= 0.3 is 0 Å². The highest BCUT2D eigenvalue weighted by Gasteiger charge is 2.20. The number of hydrogen-bond acceptors (Lipinski definition) is 4. The van der Waals surface area contributed by atoms with Crippen LogP contribution in [0.2, 0.25) is 0 Å². The molecule has 1 aliphatic heterocycles. The number of nitrogens with one attached hydrogen (secondary N) is 2. The third kappa shape index (κ3) is 3.46. The fourth-order valence-electron chi connectivity index (χ4n) is 1.66. The number of amides is 1. The summed E-state index contributed by atoms with van der Waals surface area (Å²) >= 11 is 1.79. The lowest BCUT2D eigenvalue weighted by molar-refractivity contribution is -0.117. The number of aliphatic hydroxyl groups is 1. The second kappa shape index (κ2) is 6.05. The van der Waals surface area contributed by atoms with E-state index in [2.05, 4.69) is 10.6 Å². The first-order valence-corrected chi connectivity index (χ1v) is 6.77.